The molecule has 0 saturated heterocycles. The van der Waals surface area contributed by atoms with Crippen molar-refractivity contribution in [1.82, 2.24) is 0 Å². The summed E-state index contributed by atoms with van der Waals surface area (Å²) >= 11 is 5.50. The molecule has 16 heavy (non-hydrogen) atoms. The van der Waals surface area contributed by atoms with E-state index in [1.165, 1.54) is 18.2 Å². The number of hydrogen-bond acceptors (Lipinski definition) is 1. The highest BCUT2D eigenvalue weighted by Crippen LogP contribution is 2.29. The van der Waals surface area contributed by atoms with E-state index in [1.807, 2.05) is 0 Å². The maximum absolute atomic E-state index is 13.4. The van der Waals surface area contributed by atoms with Crippen molar-refractivity contribution in [3.8, 4) is 0 Å². The zero-order valence-electron chi connectivity index (χ0n) is 8.19. The molecule has 1 rings (SSSR count). The molecule has 0 heterocycles. The normalized spacial score (nSPS) is 13.9. The van der Waals surface area contributed by atoms with E-state index >= 15 is 0 Å². The van der Waals surface area contributed by atoms with Gasteiger partial charge in [-0.15, -0.1) is 0 Å². The van der Waals surface area contributed by atoms with Gasteiger partial charge in [0.15, 0.2) is 0 Å². The molecule has 0 amide bonds. The highest BCUT2D eigenvalue weighted by Gasteiger charge is 2.28. The molecule has 0 aliphatic heterocycles. The summed E-state index contributed by atoms with van der Waals surface area (Å²) < 4.78 is 49.2. The fourth-order valence-electron chi connectivity index (χ4n) is 1.28. The largest absolute Gasteiger partial charge is 0.389 e. The van der Waals surface area contributed by atoms with Gasteiger partial charge in [-0.1, -0.05) is 23.7 Å². The first-order chi connectivity index (χ1) is 7.31. The van der Waals surface area contributed by atoms with Crippen LogP contribution in [0, 0.1) is 5.82 Å². The second kappa shape index (κ2) is 5.01. The van der Waals surface area contributed by atoms with Crippen molar-refractivity contribution in [3.05, 3.63) is 34.6 Å². The molecular weight excluding hydrogens is 246 g/mol. The van der Waals surface area contributed by atoms with Gasteiger partial charge in [-0.3, -0.25) is 0 Å². The minimum atomic E-state index is -4.29. The lowest BCUT2D eigenvalue weighted by Gasteiger charge is -2.14. The minimum Gasteiger partial charge on any atom is -0.324 e. The Hall–Kier alpha value is -0.810. The van der Waals surface area contributed by atoms with Gasteiger partial charge in [0.05, 0.1) is 5.02 Å². The van der Waals surface area contributed by atoms with Crippen LogP contribution in [-0.4, -0.2) is 6.18 Å². The first kappa shape index (κ1) is 13.3. The lowest BCUT2D eigenvalue weighted by molar-refractivity contribution is -0.136. The fourth-order valence-corrected chi connectivity index (χ4v) is 1.46. The van der Waals surface area contributed by atoms with Crippen LogP contribution in [0.5, 0.6) is 0 Å². The molecule has 6 heteroatoms. The number of alkyl halides is 3. The number of rotatable bonds is 3. The summed E-state index contributed by atoms with van der Waals surface area (Å²) in [6.45, 7) is 0. The van der Waals surface area contributed by atoms with Gasteiger partial charge in [0, 0.05) is 18.0 Å². The van der Waals surface area contributed by atoms with E-state index in [0.717, 1.165) is 0 Å². The van der Waals surface area contributed by atoms with Crippen LogP contribution in [-0.2, 0) is 0 Å². The zero-order chi connectivity index (χ0) is 12.3. The maximum Gasteiger partial charge on any atom is 0.389 e. The van der Waals surface area contributed by atoms with Gasteiger partial charge in [-0.05, 0) is 12.5 Å². The van der Waals surface area contributed by atoms with Crippen molar-refractivity contribution in [1.29, 1.82) is 0 Å². The Kier molecular flexibility index (Phi) is 4.15. The quantitative estimate of drug-likeness (QED) is 0.817. The molecule has 0 aliphatic carbocycles. The first-order valence-corrected chi connectivity index (χ1v) is 4.95. The molecule has 0 bridgehead atoms. The van der Waals surface area contributed by atoms with E-state index in [2.05, 4.69) is 0 Å². The van der Waals surface area contributed by atoms with Crippen LogP contribution in [0.15, 0.2) is 18.2 Å². The van der Waals surface area contributed by atoms with Crippen LogP contribution in [0.3, 0.4) is 0 Å². The molecule has 2 N–H and O–H groups in total. The molecule has 90 valence electrons. The molecule has 0 fully saturated rings. The molecule has 1 aromatic rings. The lowest BCUT2D eigenvalue weighted by Crippen LogP contribution is -2.17. The minimum absolute atomic E-state index is 0.0109. The Morgan fingerprint density at radius 1 is 1.31 bits per heavy atom. The van der Waals surface area contributed by atoms with Crippen LogP contribution in [0.2, 0.25) is 5.02 Å². The molecule has 0 saturated carbocycles. The molecule has 0 aliphatic rings. The Morgan fingerprint density at radius 2 is 1.94 bits per heavy atom. The summed E-state index contributed by atoms with van der Waals surface area (Å²) in [5.74, 6) is -0.751. The van der Waals surface area contributed by atoms with Gasteiger partial charge in [0.2, 0.25) is 0 Å². The maximum atomic E-state index is 13.4. The van der Waals surface area contributed by atoms with Gasteiger partial charge >= 0.3 is 6.18 Å². The van der Waals surface area contributed by atoms with Crippen LogP contribution in [0.25, 0.3) is 0 Å². The summed E-state index contributed by atoms with van der Waals surface area (Å²) in [6, 6.07) is 3.10. The van der Waals surface area contributed by atoms with Crippen molar-refractivity contribution in [2.75, 3.05) is 0 Å². The predicted octanol–water partition coefficient (Wildman–Crippen LogP) is 3.82. The number of nitrogens with two attached hydrogens (primary N) is 1. The lowest BCUT2D eigenvalue weighted by atomic mass is 10.0. The molecule has 1 aromatic carbocycles. The summed E-state index contributed by atoms with van der Waals surface area (Å²) in [4.78, 5) is 0. The van der Waals surface area contributed by atoms with Crippen molar-refractivity contribution >= 4 is 11.6 Å². The summed E-state index contributed by atoms with van der Waals surface area (Å²) in [7, 11) is 0. The molecule has 0 radical (unpaired) electrons. The van der Waals surface area contributed by atoms with Gasteiger partial charge in [0.1, 0.15) is 5.82 Å². The second-order valence-electron chi connectivity index (χ2n) is 3.40. The smallest absolute Gasteiger partial charge is 0.324 e. The average molecular weight is 256 g/mol. The number of halogens is 5. The van der Waals surface area contributed by atoms with Gasteiger partial charge in [-0.2, -0.15) is 13.2 Å². The van der Waals surface area contributed by atoms with Crippen molar-refractivity contribution in [2.45, 2.75) is 25.1 Å². The molecule has 1 atom stereocenters. The molecule has 1 unspecified atom stereocenters. The van der Waals surface area contributed by atoms with Crippen LogP contribution < -0.4 is 5.73 Å². The Morgan fingerprint density at radius 3 is 2.50 bits per heavy atom. The second-order valence-corrected chi connectivity index (χ2v) is 3.81. The predicted molar refractivity (Wildman–Crippen MR) is 53.6 cm³/mol. The Balaban J connectivity index is 2.73. The van der Waals surface area contributed by atoms with E-state index in [0.29, 0.717) is 0 Å². The molecule has 1 nitrogen and oxygen atoms in total. The van der Waals surface area contributed by atoms with Gasteiger partial charge in [-0.25, -0.2) is 4.39 Å². The van der Waals surface area contributed by atoms with Crippen LogP contribution >= 0.6 is 11.6 Å². The molecule has 0 spiro atoms. The highest BCUT2D eigenvalue weighted by molar-refractivity contribution is 6.30. The third-order valence-electron chi connectivity index (χ3n) is 2.12. The number of benzene rings is 1. The highest BCUT2D eigenvalue weighted by atomic mass is 35.5. The van der Waals surface area contributed by atoms with Crippen molar-refractivity contribution in [3.63, 3.8) is 0 Å². The number of hydrogen-bond donors (Lipinski definition) is 1. The average Bonchev–Trinajstić information content (AvgIpc) is 2.17. The van der Waals surface area contributed by atoms with E-state index in [-0.39, 0.29) is 17.0 Å². The summed E-state index contributed by atoms with van der Waals surface area (Å²) in [5.41, 5.74) is 5.48. The zero-order valence-corrected chi connectivity index (χ0v) is 8.95. The van der Waals surface area contributed by atoms with E-state index in [1.54, 1.807) is 0 Å². The third kappa shape index (κ3) is 3.64. The summed E-state index contributed by atoms with van der Waals surface area (Å²) in [6.07, 6.45) is -5.69. The fraction of sp³-hybridized carbons (Fsp3) is 0.400. The van der Waals surface area contributed by atoms with Gasteiger partial charge in [0.25, 0.3) is 0 Å². The third-order valence-corrected chi connectivity index (χ3v) is 2.41. The topological polar surface area (TPSA) is 26.0 Å². The van der Waals surface area contributed by atoms with Crippen LogP contribution in [0.4, 0.5) is 17.6 Å². The first-order valence-electron chi connectivity index (χ1n) is 4.57. The summed E-state index contributed by atoms with van der Waals surface area (Å²) in [5, 5.41) is -0.139. The van der Waals surface area contributed by atoms with E-state index < -0.39 is 24.5 Å². The standard InChI is InChI=1S/C10H10ClF4N/c11-7-3-1-2-6(9(7)12)8(16)4-5-10(13,14)15/h1-3,8H,4-5,16H2. The molecule has 0 aromatic heterocycles. The van der Waals surface area contributed by atoms with Gasteiger partial charge < -0.3 is 5.73 Å². The SMILES string of the molecule is NC(CCC(F)(F)F)c1cccc(Cl)c1F. The van der Waals surface area contributed by atoms with Crippen molar-refractivity contribution in [2.24, 2.45) is 5.73 Å². The van der Waals surface area contributed by atoms with E-state index in [9.17, 15) is 17.6 Å². The van der Waals surface area contributed by atoms with E-state index in [4.69, 9.17) is 17.3 Å². The Labute approximate surface area is 95.2 Å². The monoisotopic (exact) mass is 255 g/mol. The Bertz CT molecular complexity index is 364. The van der Waals surface area contributed by atoms with Crippen LogP contribution in [0.1, 0.15) is 24.4 Å². The van der Waals surface area contributed by atoms with Crippen molar-refractivity contribution < 1.29 is 17.6 Å². The molecular formula is C10H10ClF4N.